The molecule has 0 aromatic heterocycles. The average molecular weight is 201 g/mol. The van der Waals surface area contributed by atoms with Crippen LogP contribution in [0.3, 0.4) is 0 Å². The van der Waals surface area contributed by atoms with Crippen molar-refractivity contribution in [3.8, 4) is 0 Å². The Morgan fingerprint density at radius 1 is 1.57 bits per heavy atom. The first-order chi connectivity index (χ1) is 6.44. The van der Waals surface area contributed by atoms with E-state index in [-0.39, 0.29) is 24.3 Å². The molecule has 0 aliphatic carbocycles. The third kappa shape index (κ3) is 2.96. The van der Waals surface area contributed by atoms with Gasteiger partial charge in [0, 0.05) is 19.7 Å². The predicted molar refractivity (Wildman–Crippen MR) is 52.7 cm³/mol. The molecule has 0 aromatic carbocycles. The van der Waals surface area contributed by atoms with Gasteiger partial charge in [-0.25, -0.2) is 0 Å². The van der Waals surface area contributed by atoms with Crippen LogP contribution >= 0.6 is 0 Å². The van der Waals surface area contributed by atoms with E-state index in [0.29, 0.717) is 19.5 Å². The Bertz CT molecular complexity index is 215. The van der Waals surface area contributed by atoms with Crippen LogP contribution in [0.25, 0.3) is 0 Å². The monoisotopic (exact) mass is 201 g/mol. The molecule has 0 saturated carbocycles. The lowest BCUT2D eigenvalue weighted by atomic mass is 9.89. The van der Waals surface area contributed by atoms with Crippen molar-refractivity contribution in [3.63, 3.8) is 0 Å². The van der Waals surface area contributed by atoms with E-state index in [2.05, 4.69) is 0 Å². The molecule has 4 nitrogen and oxygen atoms in total. The summed E-state index contributed by atoms with van der Waals surface area (Å²) in [5.74, 6) is 0.0171. The van der Waals surface area contributed by atoms with Gasteiger partial charge in [-0.05, 0) is 11.8 Å². The molecule has 1 amide bonds. The maximum atomic E-state index is 11.4. The van der Waals surface area contributed by atoms with E-state index in [0.717, 1.165) is 0 Å². The number of amides is 1. The summed E-state index contributed by atoms with van der Waals surface area (Å²) in [5.41, 5.74) is -0.0749. The molecule has 1 unspecified atom stereocenters. The molecule has 2 N–H and O–H groups in total. The third-order valence-corrected chi connectivity index (χ3v) is 2.60. The predicted octanol–water partition coefficient (Wildman–Crippen LogP) is -0.0118. The number of carbonyl (C=O) groups excluding carboxylic acids is 1. The summed E-state index contributed by atoms with van der Waals surface area (Å²) in [4.78, 5) is 13.1. The highest BCUT2D eigenvalue weighted by molar-refractivity contribution is 5.79. The molecular weight excluding hydrogens is 182 g/mol. The summed E-state index contributed by atoms with van der Waals surface area (Å²) in [5, 5.41) is 18.1. The highest BCUT2D eigenvalue weighted by Gasteiger charge is 2.31. The molecule has 0 radical (unpaired) electrons. The molecule has 14 heavy (non-hydrogen) atoms. The van der Waals surface area contributed by atoms with Gasteiger partial charge in [0.2, 0.25) is 5.91 Å². The Kier molecular flexibility index (Phi) is 3.50. The van der Waals surface area contributed by atoms with Crippen LogP contribution in [0.4, 0.5) is 0 Å². The maximum absolute atomic E-state index is 11.4. The minimum Gasteiger partial charge on any atom is -0.396 e. The summed E-state index contributed by atoms with van der Waals surface area (Å²) < 4.78 is 0. The number of carbonyl (C=O) groups is 1. The lowest BCUT2D eigenvalue weighted by Gasteiger charge is -2.29. The van der Waals surface area contributed by atoms with Crippen molar-refractivity contribution in [2.45, 2.75) is 32.8 Å². The van der Waals surface area contributed by atoms with Gasteiger partial charge in [-0.2, -0.15) is 0 Å². The van der Waals surface area contributed by atoms with E-state index < -0.39 is 6.10 Å². The van der Waals surface area contributed by atoms with Crippen LogP contribution in [0.1, 0.15) is 26.7 Å². The van der Waals surface area contributed by atoms with Crippen molar-refractivity contribution in [2.24, 2.45) is 5.41 Å². The fourth-order valence-electron chi connectivity index (χ4n) is 1.80. The highest BCUT2D eigenvalue weighted by atomic mass is 16.3. The van der Waals surface area contributed by atoms with Gasteiger partial charge in [-0.1, -0.05) is 13.8 Å². The summed E-state index contributed by atoms with van der Waals surface area (Å²) >= 11 is 0. The van der Waals surface area contributed by atoms with Crippen LogP contribution in [0, 0.1) is 5.41 Å². The molecule has 1 atom stereocenters. The van der Waals surface area contributed by atoms with Crippen molar-refractivity contribution in [3.05, 3.63) is 0 Å². The zero-order chi connectivity index (χ0) is 10.8. The number of likely N-dealkylation sites (tertiary alicyclic amines) is 1. The third-order valence-electron chi connectivity index (χ3n) is 2.60. The molecule has 1 aliphatic heterocycles. The summed E-state index contributed by atoms with van der Waals surface area (Å²) in [6.45, 7) is 5.22. The number of aliphatic hydroxyl groups excluding tert-OH is 2. The summed E-state index contributed by atoms with van der Waals surface area (Å²) in [6, 6.07) is 0. The summed E-state index contributed by atoms with van der Waals surface area (Å²) in [7, 11) is 0. The van der Waals surface area contributed by atoms with Crippen LogP contribution in [-0.4, -0.2) is 46.8 Å². The zero-order valence-corrected chi connectivity index (χ0v) is 8.86. The van der Waals surface area contributed by atoms with Crippen LogP contribution in [0.5, 0.6) is 0 Å². The molecule has 0 spiro atoms. The molecule has 1 aliphatic rings. The Labute approximate surface area is 84.5 Å². The number of hydrogen-bond acceptors (Lipinski definition) is 3. The average Bonchev–Trinajstić information content (AvgIpc) is 2.28. The normalized spacial score (nSPS) is 23.3. The van der Waals surface area contributed by atoms with E-state index in [1.165, 1.54) is 0 Å². The fourth-order valence-corrected chi connectivity index (χ4v) is 1.80. The second-order valence-electron chi connectivity index (χ2n) is 4.77. The number of hydrogen-bond donors (Lipinski definition) is 2. The van der Waals surface area contributed by atoms with Gasteiger partial charge in [-0.3, -0.25) is 4.79 Å². The van der Waals surface area contributed by atoms with Gasteiger partial charge in [0.1, 0.15) is 0 Å². The van der Waals surface area contributed by atoms with Gasteiger partial charge < -0.3 is 15.1 Å². The molecule has 1 heterocycles. The lowest BCUT2D eigenvalue weighted by molar-refractivity contribution is -0.129. The highest BCUT2D eigenvalue weighted by Crippen LogP contribution is 2.24. The number of aliphatic hydroxyl groups is 2. The topological polar surface area (TPSA) is 60.8 Å². The minimum absolute atomic E-state index is 0.0171. The smallest absolute Gasteiger partial charge is 0.225 e. The van der Waals surface area contributed by atoms with Crippen molar-refractivity contribution >= 4 is 5.91 Å². The van der Waals surface area contributed by atoms with Crippen LogP contribution in [0.2, 0.25) is 0 Å². The van der Waals surface area contributed by atoms with Crippen LogP contribution in [-0.2, 0) is 4.79 Å². The van der Waals surface area contributed by atoms with Crippen molar-refractivity contribution in [1.82, 2.24) is 4.90 Å². The molecule has 4 heteroatoms. The molecular formula is C10H19NO3. The molecule has 82 valence electrons. The first-order valence-corrected chi connectivity index (χ1v) is 5.01. The van der Waals surface area contributed by atoms with E-state index in [1.807, 2.05) is 13.8 Å². The quantitative estimate of drug-likeness (QED) is 0.672. The minimum atomic E-state index is -0.507. The largest absolute Gasteiger partial charge is 0.396 e. The van der Waals surface area contributed by atoms with E-state index >= 15 is 0 Å². The molecule has 0 aromatic rings. The fraction of sp³-hybridized carbons (Fsp3) is 0.900. The zero-order valence-electron chi connectivity index (χ0n) is 8.86. The van der Waals surface area contributed by atoms with E-state index in [9.17, 15) is 9.90 Å². The Balaban J connectivity index is 2.47. The second-order valence-corrected chi connectivity index (χ2v) is 4.77. The number of rotatable bonds is 4. The maximum Gasteiger partial charge on any atom is 0.225 e. The first-order valence-electron chi connectivity index (χ1n) is 5.01. The van der Waals surface area contributed by atoms with E-state index in [1.54, 1.807) is 4.90 Å². The molecule has 0 bridgehead atoms. The second kappa shape index (κ2) is 4.28. The lowest BCUT2D eigenvalue weighted by Crippen LogP contribution is -2.36. The molecule has 1 rings (SSSR count). The van der Waals surface area contributed by atoms with Crippen LogP contribution < -0.4 is 0 Å². The van der Waals surface area contributed by atoms with E-state index in [4.69, 9.17) is 5.11 Å². The van der Waals surface area contributed by atoms with Gasteiger partial charge in [0.15, 0.2) is 0 Å². The van der Waals surface area contributed by atoms with Gasteiger partial charge in [0.05, 0.1) is 12.5 Å². The van der Waals surface area contributed by atoms with Crippen molar-refractivity contribution in [2.75, 3.05) is 19.7 Å². The first kappa shape index (κ1) is 11.5. The van der Waals surface area contributed by atoms with Crippen LogP contribution in [0.15, 0.2) is 0 Å². The molecule has 1 saturated heterocycles. The standard InChI is InChI=1S/C10H19NO3/c1-10(2,3-4-12)7-11-6-8(13)5-9(11)14/h8,12-13H,3-7H2,1-2H3. The summed E-state index contributed by atoms with van der Waals surface area (Å²) in [6.07, 6.45) is 0.412. The Morgan fingerprint density at radius 3 is 2.64 bits per heavy atom. The van der Waals surface area contributed by atoms with Gasteiger partial charge in [0.25, 0.3) is 0 Å². The number of β-amino-alcohol motifs (C(OH)–C–C–N with tert-alkyl or cyclic N) is 1. The van der Waals surface area contributed by atoms with Gasteiger partial charge in [-0.15, -0.1) is 0 Å². The Hall–Kier alpha value is -0.610. The SMILES string of the molecule is CC(C)(CCO)CN1CC(O)CC1=O. The number of nitrogens with zero attached hydrogens (tertiary/aromatic N) is 1. The van der Waals surface area contributed by atoms with Crippen molar-refractivity contribution < 1.29 is 15.0 Å². The molecule has 1 fully saturated rings. The van der Waals surface area contributed by atoms with Crippen molar-refractivity contribution in [1.29, 1.82) is 0 Å². The Morgan fingerprint density at radius 2 is 2.21 bits per heavy atom. The van der Waals surface area contributed by atoms with Gasteiger partial charge >= 0.3 is 0 Å².